The summed E-state index contributed by atoms with van der Waals surface area (Å²) in [5.74, 6) is 0.330. The molecule has 0 aromatic heterocycles. The molecule has 8 heteroatoms. The van der Waals surface area contributed by atoms with Gasteiger partial charge in [-0.1, -0.05) is 6.07 Å². The molecule has 2 heterocycles. The average molecular weight is 334 g/mol. The maximum Gasteiger partial charge on any atom is 0.319 e. The van der Waals surface area contributed by atoms with Crippen LogP contribution in [-0.4, -0.2) is 60.4 Å². The molecule has 24 heavy (non-hydrogen) atoms. The zero-order valence-electron chi connectivity index (χ0n) is 14.1. The number of rotatable bonds is 2. The predicted molar refractivity (Wildman–Crippen MR) is 86.7 cm³/mol. The van der Waals surface area contributed by atoms with Gasteiger partial charge in [0.1, 0.15) is 6.17 Å². The van der Waals surface area contributed by atoms with Crippen LogP contribution in [0, 0.1) is 5.92 Å². The minimum Gasteiger partial charge on any atom is -0.504 e. The van der Waals surface area contributed by atoms with Crippen molar-refractivity contribution >= 4 is 12.1 Å². The van der Waals surface area contributed by atoms with E-state index in [4.69, 9.17) is 4.74 Å². The van der Waals surface area contributed by atoms with Crippen molar-refractivity contribution in [1.82, 2.24) is 20.4 Å². The number of hydrogen-bond donors (Lipinski definition) is 3. The second-order valence-electron chi connectivity index (χ2n) is 6.31. The van der Waals surface area contributed by atoms with Crippen LogP contribution in [0.1, 0.15) is 18.5 Å². The number of amides is 4. The molecule has 0 saturated carbocycles. The number of carbonyl (C=O) groups excluding carboxylic acids is 2. The number of aromatic hydroxyl groups is 1. The molecular weight excluding hydrogens is 312 g/mol. The van der Waals surface area contributed by atoms with E-state index < -0.39 is 6.17 Å². The average Bonchev–Trinajstić information content (AvgIpc) is 2.55. The van der Waals surface area contributed by atoms with Crippen molar-refractivity contribution in [3.8, 4) is 11.5 Å². The number of phenolic OH excluding ortho intramolecular Hbond substituents is 1. The lowest BCUT2D eigenvalue weighted by Crippen LogP contribution is -2.71. The number of nitrogens with one attached hydrogen (secondary N) is 2. The number of carbonyl (C=O) groups is 2. The first-order chi connectivity index (χ1) is 11.3. The Morgan fingerprint density at radius 1 is 1.12 bits per heavy atom. The van der Waals surface area contributed by atoms with Gasteiger partial charge >= 0.3 is 12.1 Å². The molecule has 2 fully saturated rings. The SMILES string of the molecule is COc1cc([C@@H]2[C@H]3[C@H](C)NC(=O)N(C)[C@@H]3NC(=O)N2C)ccc1O. The van der Waals surface area contributed by atoms with Gasteiger partial charge < -0.3 is 30.3 Å². The van der Waals surface area contributed by atoms with Gasteiger partial charge in [0.05, 0.1) is 13.2 Å². The normalized spacial score (nSPS) is 29.7. The van der Waals surface area contributed by atoms with Gasteiger partial charge in [0.2, 0.25) is 0 Å². The van der Waals surface area contributed by atoms with Crippen LogP contribution in [0.4, 0.5) is 9.59 Å². The molecule has 0 unspecified atom stereocenters. The number of urea groups is 2. The van der Waals surface area contributed by atoms with Gasteiger partial charge in [-0.15, -0.1) is 0 Å². The first-order valence-electron chi connectivity index (χ1n) is 7.78. The van der Waals surface area contributed by atoms with Crippen LogP contribution in [0.15, 0.2) is 18.2 Å². The molecule has 1 aromatic rings. The van der Waals surface area contributed by atoms with Gasteiger partial charge in [0, 0.05) is 26.1 Å². The van der Waals surface area contributed by atoms with E-state index >= 15 is 0 Å². The molecule has 3 N–H and O–H groups in total. The van der Waals surface area contributed by atoms with Gasteiger partial charge in [0.15, 0.2) is 11.5 Å². The topological polar surface area (TPSA) is 94.1 Å². The standard InChI is InChI=1S/C16H22N4O4/c1-8-12-13(9-5-6-10(21)11(7-9)24-4)19(2)16(23)18-14(12)20(3)15(22)17-8/h5-8,12-14,21H,1-4H3,(H,17,22)(H,18,23)/t8-,12+,13+,14-/m0/s1. The third-order valence-electron chi connectivity index (χ3n) is 4.95. The highest BCUT2D eigenvalue weighted by Gasteiger charge is 2.49. The monoisotopic (exact) mass is 334 g/mol. The Bertz CT molecular complexity index is 680. The lowest BCUT2D eigenvalue weighted by Gasteiger charge is -2.52. The molecule has 2 saturated heterocycles. The minimum atomic E-state index is -0.401. The maximum absolute atomic E-state index is 12.4. The van der Waals surface area contributed by atoms with Crippen LogP contribution in [0.3, 0.4) is 0 Å². The van der Waals surface area contributed by atoms with Crippen LogP contribution < -0.4 is 15.4 Å². The summed E-state index contributed by atoms with van der Waals surface area (Å²) in [5, 5.41) is 15.7. The van der Waals surface area contributed by atoms with E-state index in [2.05, 4.69) is 10.6 Å². The molecule has 0 bridgehead atoms. The van der Waals surface area contributed by atoms with Gasteiger partial charge in [-0.25, -0.2) is 9.59 Å². The second kappa shape index (κ2) is 5.77. The van der Waals surface area contributed by atoms with Crippen molar-refractivity contribution in [2.24, 2.45) is 5.92 Å². The van der Waals surface area contributed by atoms with E-state index in [1.54, 1.807) is 37.2 Å². The van der Waals surface area contributed by atoms with Crippen LogP contribution >= 0.6 is 0 Å². The summed E-state index contributed by atoms with van der Waals surface area (Å²) in [4.78, 5) is 27.6. The van der Waals surface area contributed by atoms with Crippen molar-refractivity contribution in [3.63, 3.8) is 0 Å². The quantitative estimate of drug-likeness (QED) is 0.754. The van der Waals surface area contributed by atoms with Gasteiger partial charge in [0.25, 0.3) is 0 Å². The molecule has 130 valence electrons. The molecule has 0 spiro atoms. The van der Waals surface area contributed by atoms with E-state index in [0.717, 1.165) is 5.56 Å². The van der Waals surface area contributed by atoms with E-state index in [1.807, 2.05) is 6.92 Å². The molecule has 2 aliphatic rings. The zero-order chi connectivity index (χ0) is 17.6. The van der Waals surface area contributed by atoms with E-state index in [0.29, 0.717) is 5.75 Å². The maximum atomic E-state index is 12.4. The number of ether oxygens (including phenoxy) is 1. The number of phenols is 1. The van der Waals surface area contributed by atoms with Gasteiger partial charge in [-0.2, -0.15) is 0 Å². The fourth-order valence-electron chi connectivity index (χ4n) is 3.63. The van der Waals surface area contributed by atoms with E-state index in [-0.39, 0.29) is 35.8 Å². The number of hydrogen-bond acceptors (Lipinski definition) is 4. The van der Waals surface area contributed by atoms with Crippen molar-refractivity contribution < 1.29 is 19.4 Å². The number of benzene rings is 1. The fourth-order valence-corrected chi connectivity index (χ4v) is 3.63. The second-order valence-corrected chi connectivity index (χ2v) is 6.31. The molecule has 2 aliphatic heterocycles. The van der Waals surface area contributed by atoms with E-state index in [1.165, 1.54) is 12.0 Å². The number of methoxy groups -OCH3 is 1. The Balaban J connectivity index is 2.06. The van der Waals surface area contributed by atoms with Crippen LogP contribution in [-0.2, 0) is 0 Å². The largest absolute Gasteiger partial charge is 0.504 e. The summed E-state index contributed by atoms with van der Waals surface area (Å²) in [6.07, 6.45) is -0.401. The summed E-state index contributed by atoms with van der Waals surface area (Å²) < 4.78 is 5.19. The fraction of sp³-hybridized carbons (Fsp3) is 0.500. The van der Waals surface area contributed by atoms with Crippen LogP contribution in [0.2, 0.25) is 0 Å². The Kier molecular flexibility index (Phi) is 3.90. The Hall–Kier alpha value is -2.64. The lowest BCUT2D eigenvalue weighted by molar-refractivity contribution is 0.0247. The lowest BCUT2D eigenvalue weighted by atomic mass is 9.81. The Morgan fingerprint density at radius 2 is 1.79 bits per heavy atom. The molecule has 1 aromatic carbocycles. The Labute approximate surface area is 140 Å². The number of nitrogens with zero attached hydrogens (tertiary/aromatic N) is 2. The Morgan fingerprint density at radius 3 is 2.46 bits per heavy atom. The van der Waals surface area contributed by atoms with Gasteiger partial charge in [-0.05, 0) is 24.6 Å². The van der Waals surface area contributed by atoms with E-state index in [9.17, 15) is 14.7 Å². The highest BCUT2D eigenvalue weighted by molar-refractivity contribution is 5.80. The van der Waals surface area contributed by atoms with Crippen molar-refractivity contribution in [3.05, 3.63) is 23.8 Å². The third kappa shape index (κ3) is 2.38. The molecular formula is C16H22N4O4. The van der Waals surface area contributed by atoms with Gasteiger partial charge in [-0.3, -0.25) is 0 Å². The first-order valence-corrected chi connectivity index (χ1v) is 7.78. The first kappa shape index (κ1) is 16.2. The van der Waals surface area contributed by atoms with Crippen molar-refractivity contribution in [2.75, 3.05) is 21.2 Å². The molecule has 0 aliphatic carbocycles. The molecule has 4 atom stereocenters. The van der Waals surface area contributed by atoms with Crippen LogP contribution in [0.5, 0.6) is 11.5 Å². The highest BCUT2D eigenvalue weighted by Crippen LogP contribution is 2.40. The summed E-state index contributed by atoms with van der Waals surface area (Å²) >= 11 is 0. The third-order valence-corrected chi connectivity index (χ3v) is 4.95. The smallest absolute Gasteiger partial charge is 0.319 e. The van der Waals surface area contributed by atoms with Crippen molar-refractivity contribution in [1.29, 1.82) is 0 Å². The molecule has 4 amide bonds. The zero-order valence-corrected chi connectivity index (χ0v) is 14.1. The van der Waals surface area contributed by atoms with Crippen LogP contribution in [0.25, 0.3) is 0 Å². The van der Waals surface area contributed by atoms with Crippen molar-refractivity contribution in [2.45, 2.75) is 25.2 Å². The number of fused-ring (bicyclic) bond motifs is 1. The minimum absolute atomic E-state index is 0.0443. The predicted octanol–water partition coefficient (Wildman–Crippen LogP) is 1.08. The molecule has 8 nitrogen and oxygen atoms in total. The summed E-state index contributed by atoms with van der Waals surface area (Å²) in [6, 6.07) is 4.20. The highest BCUT2D eigenvalue weighted by atomic mass is 16.5. The summed E-state index contributed by atoms with van der Waals surface area (Å²) in [5.41, 5.74) is 0.841. The molecule has 0 radical (unpaired) electrons. The summed E-state index contributed by atoms with van der Waals surface area (Å²) in [6.45, 7) is 1.93. The summed E-state index contributed by atoms with van der Waals surface area (Å²) in [7, 11) is 4.87. The molecule has 3 rings (SSSR count).